The van der Waals surface area contributed by atoms with Gasteiger partial charge in [-0.25, -0.2) is 9.18 Å². The number of carbonyl (C=O) groups excluding carboxylic acids is 1. The van der Waals surface area contributed by atoms with Crippen LogP contribution in [-0.2, 0) is 9.53 Å². The quantitative estimate of drug-likeness (QED) is 0.516. The van der Waals surface area contributed by atoms with Gasteiger partial charge in [0.15, 0.2) is 18.1 Å². The number of benzene rings is 1. The van der Waals surface area contributed by atoms with Crippen molar-refractivity contribution >= 4 is 21.0 Å². The van der Waals surface area contributed by atoms with Crippen molar-refractivity contribution in [3.63, 3.8) is 0 Å². The van der Waals surface area contributed by atoms with Crippen molar-refractivity contribution < 1.29 is 23.5 Å². The smallest absolute Gasteiger partial charge is 0.344 e. The summed E-state index contributed by atoms with van der Waals surface area (Å²) in [6, 6.07) is 3.78. The van der Waals surface area contributed by atoms with Crippen molar-refractivity contribution in [2.24, 2.45) is 0 Å². The molecule has 106 valence electrons. The van der Waals surface area contributed by atoms with Gasteiger partial charge in [0, 0.05) is 12.1 Å². The molecular weight excluding hydrogens is 272 g/mol. The minimum Gasteiger partial charge on any atom is -0.628 e. The highest BCUT2D eigenvalue weighted by molar-refractivity contribution is 7.08. The molecule has 2 unspecified atom stereocenters. The zero-order valence-electron chi connectivity index (χ0n) is 11.0. The van der Waals surface area contributed by atoms with E-state index in [0.29, 0.717) is 0 Å². The molecule has 2 atom stereocenters. The molecule has 1 aromatic rings. The molecule has 1 aromatic carbocycles. The lowest BCUT2D eigenvalue weighted by Crippen LogP contribution is -2.91. The fourth-order valence-electron chi connectivity index (χ4n) is 1.30. The largest absolute Gasteiger partial charge is 0.628 e. The van der Waals surface area contributed by atoms with Crippen LogP contribution in [0.1, 0.15) is 20.8 Å². The van der Waals surface area contributed by atoms with Gasteiger partial charge in [0.05, 0.1) is 9.39 Å². The zero-order chi connectivity index (χ0) is 14.6. The topological polar surface area (TPSA) is 63.0 Å². The first-order valence-electron chi connectivity index (χ1n) is 5.63. The molecule has 0 heterocycles. The Balaban J connectivity index is 2.59. The van der Waals surface area contributed by atoms with E-state index >= 15 is 0 Å². The molecule has 0 spiro atoms. The summed E-state index contributed by atoms with van der Waals surface area (Å²) in [6.45, 7) is 4.91. The molecule has 0 amide bonds. The summed E-state index contributed by atoms with van der Waals surface area (Å²) in [5, 5.41) is 11.0. The second-order valence-electron chi connectivity index (χ2n) is 4.88. The third-order valence-electron chi connectivity index (χ3n) is 1.98. The maximum atomic E-state index is 13.5. The standard InChI is InChI=1S/C12H17FNO4P/c1-12(2,3)18-11(15)7-17-8-4-5-10(14(16)19)9(13)6-8/h4-6,14H,7,19H2,1-3H3. The summed E-state index contributed by atoms with van der Waals surface area (Å²) >= 11 is 0. The molecule has 0 saturated carbocycles. The second-order valence-corrected chi connectivity index (χ2v) is 5.41. The van der Waals surface area contributed by atoms with Gasteiger partial charge >= 0.3 is 5.97 Å². The number of hydrogen-bond donors (Lipinski definition) is 1. The average molecular weight is 289 g/mol. The molecule has 0 bridgehead atoms. The highest BCUT2D eigenvalue weighted by Crippen LogP contribution is 2.18. The van der Waals surface area contributed by atoms with Crippen LogP contribution in [0.3, 0.4) is 0 Å². The first-order valence-corrected chi connectivity index (χ1v) is 6.21. The number of halogens is 1. The number of nitrogens with one attached hydrogen (secondary N) is 1. The highest BCUT2D eigenvalue weighted by atomic mass is 31.0. The summed E-state index contributed by atoms with van der Waals surface area (Å²) in [6.07, 6.45) is 0. The van der Waals surface area contributed by atoms with Crippen molar-refractivity contribution in [2.75, 3.05) is 6.61 Å². The Morgan fingerprint density at radius 2 is 2.11 bits per heavy atom. The lowest BCUT2D eigenvalue weighted by Gasteiger charge is -2.19. The molecule has 5 nitrogen and oxygen atoms in total. The Bertz CT molecular complexity index is 460. The lowest BCUT2D eigenvalue weighted by atomic mass is 10.2. The van der Waals surface area contributed by atoms with Gasteiger partial charge in [0.25, 0.3) is 0 Å². The Morgan fingerprint density at radius 1 is 1.47 bits per heavy atom. The number of quaternary nitrogens is 1. The predicted molar refractivity (Wildman–Crippen MR) is 71.4 cm³/mol. The van der Waals surface area contributed by atoms with E-state index in [1.54, 1.807) is 20.8 Å². The van der Waals surface area contributed by atoms with Crippen molar-refractivity contribution in [3.05, 3.63) is 29.2 Å². The summed E-state index contributed by atoms with van der Waals surface area (Å²) in [5.41, 5.74) is -0.642. The molecule has 0 aliphatic heterocycles. The van der Waals surface area contributed by atoms with Crippen LogP contribution < -0.4 is 9.57 Å². The summed E-state index contributed by atoms with van der Waals surface area (Å²) in [4.78, 5) is 10.9. The lowest BCUT2D eigenvalue weighted by molar-refractivity contribution is -0.616. The molecule has 1 rings (SSSR count). The highest BCUT2D eigenvalue weighted by Gasteiger charge is 2.17. The molecule has 0 aliphatic carbocycles. The van der Waals surface area contributed by atoms with E-state index in [1.165, 1.54) is 12.1 Å². The molecule has 7 heteroatoms. The summed E-state index contributed by atoms with van der Waals surface area (Å²) in [5.74, 6) is -1.07. The molecule has 0 fully saturated rings. The van der Waals surface area contributed by atoms with Gasteiger partial charge in [-0.15, -0.1) is 0 Å². The van der Waals surface area contributed by atoms with E-state index in [-0.39, 0.29) is 18.0 Å². The van der Waals surface area contributed by atoms with E-state index in [2.05, 4.69) is 0 Å². The normalized spacial score (nSPS) is 12.9. The molecule has 0 aromatic heterocycles. The van der Waals surface area contributed by atoms with Gasteiger partial charge in [0.1, 0.15) is 11.4 Å². The number of hydrogen-bond acceptors (Lipinski definition) is 4. The van der Waals surface area contributed by atoms with Crippen LogP contribution in [0.25, 0.3) is 0 Å². The Morgan fingerprint density at radius 3 is 2.58 bits per heavy atom. The Kier molecular flexibility index (Phi) is 5.23. The van der Waals surface area contributed by atoms with Crippen molar-refractivity contribution in [2.45, 2.75) is 26.4 Å². The Hall–Kier alpha value is -1.23. The van der Waals surface area contributed by atoms with Crippen LogP contribution >= 0.6 is 9.39 Å². The van der Waals surface area contributed by atoms with Gasteiger partial charge in [-0.1, -0.05) is 0 Å². The first kappa shape index (κ1) is 15.8. The molecule has 0 radical (unpaired) electrons. The monoisotopic (exact) mass is 289 g/mol. The van der Waals surface area contributed by atoms with Crippen molar-refractivity contribution in [1.29, 1.82) is 0 Å². The van der Waals surface area contributed by atoms with Crippen molar-refractivity contribution in [1.82, 2.24) is 0 Å². The molecule has 0 aliphatic rings. The predicted octanol–water partition coefficient (Wildman–Crippen LogP) is 1.35. The minimum absolute atomic E-state index is 0.0466. The van der Waals surface area contributed by atoms with Crippen LogP contribution in [0.15, 0.2) is 18.2 Å². The molecule has 0 saturated heterocycles. The van der Waals surface area contributed by atoms with Crippen LogP contribution in [-0.4, -0.2) is 18.2 Å². The fraction of sp³-hybridized carbons (Fsp3) is 0.417. The van der Waals surface area contributed by atoms with E-state index < -0.39 is 22.2 Å². The van der Waals surface area contributed by atoms with Gasteiger partial charge in [-0.2, -0.15) is 0 Å². The fourth-order valence-corrected chi connectivity index (χ4v) is 1.53. The van der Waals surface area contributed by atoms with Crippen LogP contribution in [0.2, 0.25) is 0 Å². The molecule has 1 N–H and O–H groups in total. The van der Waals surface area contributed by atoms with E-state index in [1.807, 2.05) is 9.39 Å². The van der Waals surface area contributed by atoms with Crippen LogP contribution in [0.4, 0.5) is 10.1 Å². The number of carbonyl (C=O) groups is 1. The SMILES string of the molecule is CC(C)(C)OC(=O)COc1ccc([NH+]([O-])P)c(F)c1. The maximum Gasteiger partial charge on any atom is 0.344 e. The van der Waals surface area contributed by atoms with E-state index in [9.17, 15) is 14.4 Å². The third kappa shape index (κ3) is 5.51. The number of ether oxygens (including phenoxy) is 2. The number of rotatable bonds is 4. The molecule has 19 heavy (non-hydrogen) atoms. The second kappa shape index (κ2) is 6.28. The van der Waals surface area contributed by atoms with Crippen molar-refractivity contribution in [3.8, 4) is 5.75 Å². The third-order valence-corrected chi connectivity index (χ3v) is 2.29. The van der Waals surface area contributed by atoms with Gasteiger partial charge in [-0.05, 0) is 26.8 Å². The van der Waals surface area contributed by atoms with Gasteiger partial charge in [0.2, 0.25) is 0 Å². The van der Waals surface area contributed by atoms with E-state index in [4.69, 9.17) is 9.47 Å². The summed E-state index contributed by atoms with van der Waals surface area (Å²) < 4.78 is 23.6. The molecular formula is C12H17FNO4P. The zero-order valence-corrected chi connectivity index (χ0v) is 12.2. The number of esters is 1. The maximum absolute atomic E-state index is 13.5. The first-order chi connectivity index (χ1) is 8.69. The van der Waals surface area contributed by atoms with E-state index in [0.717, 1.165) is 6.07 Å². The van der Waals surface area contributed by atoms with Gasteiger partial charge in [-0.3, -0.25) is 0 Å². The van der Waals surface area contributed by atoms with Crippen LogP contribution in [0, 0.1) is 11.0 Å². The Labute approximate surface area is 113 Å². The van der Waals surface area contributed by atoms with Gasteiger partial charge < -0.3 is 19.5 Å². The minimum atomic E-state index is -0.693. The summed E-state index contributed by atoms with van der Waals surface area (Å²) in [7, 11) is 1.89. The van der Waals surface area contributed by atoms with Crippen LogP contribution in [0.5, 0.6) is 5.75 Å². The average Bonchev–Trinajstić information content (AvgIpc) is 2.23.